The zero-order chi connectivity index (χ0) is 12.6. The smallest absolute Gasteiger partial charge is 0.137 e. The Kier molecular flexibility index (Phi) is 7.21. The first-order valence-electron chi connectivity index (χ1n) is 5.86. The Hall–Kier alpha value is -1.35. The number of hydrogen-bond donors (Lipinski definition) is 2. The zero-order valence-electron chi connectivity index (χ0n) is 10.8. The number of pyridine rings is 1. The van der Waals surface area contributed by atoms with Crippen molar-refractivity contribution in [3.63, 3.8) is 0 Å². The molecule has 2 N–H and O–H groups in total. The Morgan fingerprint density at radius 3 is 2.38 bits per heavy atom. The number of aliphatic hydroxyl groups is 1. The van der Waals surface area contributed by atoms with Crippen molar-refractivity contribution in [1.82, 2.24) is 9.97 Å². The maximum absolute atomic E-state index is 8.83. The summed E-state index contributed by atoms with van der Waals surface area (Å²) in [7, 11) is 0. The van der Waals surface area contributed by atoms with Gasteiger partial charge >= 0.3 is 0 Å². The molecular weight excluding hydrogens is 200 g/mol. The van der Waals surface area contributed by atoms with Gasteiger partial charge in [0, 0.05) is 11.6 Å². The topological polar surface area (TPSA) is 48.9 Å². The number of hydrogen-bond acceptors (Lipinski definition) is 2. The molecule has 2 aromatic heterocycles. The molecule has 3 heteroatoms. The Balaban J connectivity index is 0.000000509. The van der Waals surface area contributed by atoms with Crippen LogP contribution in [0.25, 0.3) is 11.0 Å². The van der Waals surface area contributed by atoms with Crippen LogP contribution in [0.5, 0.6) is 0 Å². The highest BCUT2D eigenvalue weighted by Crippen LogP contribution is 2.15. The van der Waals surface area contributed by atoms with Crippen LogP contribution in [0.4, 0.5) is 0 Å². The average Bonchev–Trinajstić information content (AvgIpc) is 2.75. The van der Waals surface area contributed by atoms with Gasteiger partial charge in [0.25, 0.3) is 0 Å². The number of H-pyrrole nitrogens is 1. The molecule has 0 radical (unpaired) electrons. The molecule has 0 bridgehead atoms. The highest BCUT2D eigenvalue weighted by Gasteiger charge is 2.00. The molecule has 0 aliphatic carbocycles. The second-order valence-corrected chi connectivity index (χ2v) is 2.83. The van der Waals surface area contributed by atoms with E-state index >= 15 is 0 Å². The summed E-state index contributed by atoms with van der Waals surface area (Å²) in [5.41, 5.74) is 2.73. The number of aromatic nitrogens is 2. The molecule has 0 fully saturated rings. The number of nitrogens with zero attached hydrogens (tertiary/aromatic N) is 1. The summed E-state index contributed by atoms with van der Waals surface area (Å²) in [5, 5.41) is 9.95. The molecule has 3 nitrogen and oxygen atoms in total. The van der Waals surface area contributed by atoms with Crippen molar-refractivity contribution in [1.29, 1.82) is 0 Å². The van der Waals surface area contributed by atoms with E-state index in [2.05, 4.69) is 9.97 Å². The molecular formula is C13H22N2O. The van der Waals surface area contributed by atoms with Gasteiger partial charge in [-0.3, -0.25) is 0 Å². The van der Waals surface area contributed by atoms with Crippen LogP contribution in [-0.2, 0) is 6.61 Å². The summed E-state index contributed by atoms with van der Waals surface area (Å²) in [6, 6.07) is 3.81. The van der Waals surface area contributed by atoms with E-state index in [0.29, 0.717) is 5.69 Å². The first-order chi connectivity index (χ1) is 7.81. The summed E-state index contributed by atoms with van der Waals surface area (Å²) >= 11 is 0. The maximum atomic E-state index is 8.83. The Labute approximate surface area is 97.5 Å². The third-order valence-corrected chi connectivity index (χ3v) is 1.97. The van der Waals surface area contributed by atoms with Gasteiger partial charge in [0.1, 0.15) is 5.65 Å². The molecule has 0 aliphatic heterocycles. The first-order valence-corrected chi connectivity index (χ1v) is 5.86. The first kappa shape index (κ1) is 14.6. The van der Waals surface area contributed by atoms with Crippen LogP contribution in [0.2, 0.25) is 0 Å². The number of nitrogens with one attached hydrogen (secondary N) is 1. The van der Waals surface area contributed by atoms with Gasteiger partial charge in [-0.15, -0.1) is 0 Å². The molecule has 90 valence electrons. The Morgan fingerprint density at radius 2 is 1.81 bits per heavy atom. The Bertz CT molecular complexity index is 407. The van der Waals surface area contributed by atoms with Crippen LogP contribution in [-0.4, -0.2) is 15.1 Å². The molecule has 0 spiro atoms. The molecule has 0 amide bonds. The van der Waals surface area contributed by atoms with Crippen molar-refractivity contribution in [2.45, 2.75) is 41.2 Å². The summed E-state index contributed by atoms with van der Waals surface area (Å²) in [6.45, 7) is 10.0. The number of aromatic amines is 1. The minimum Gasteiger partial charge on any atom is -0.390 e. The van der Waals surface area contributed by atoms with Crippen molar-refractivity contribution >= 4 is 11.0 Å². The van der Waals surface area contributed by atoms with Crippen molar-refractivity contribution in [2.75, 3.05) is 0 Å². The largest absolute Gasteiger partial charge is 0.390 e. The monoisotopic (exact) mass is 222 g/mol. The highest BCUT2D eigenvalue weighted by molar-refractivity contribution is 5.79. The Morgan fingerprint density at radius 1 is 1.19 bits per heavy atom. The molecule has 0 atom stereocenters. The summed E-state index contributed by atoms with van der Waals surface area (Å²) in [6.07, 6.45) is 1.92. The minimum absolute atomic E-state index is 0.00594. The summed E-state index contributed by atoms with van der Waals surface area (Å²) in [5.74, 6) is 0. The third kappa shape index (κ3) is 3.35. The predicted octanol–water partition coefficient (Wildman–Crippen LogP) is 3.42. The number of aryl methyl sites for hydroxylation is 1. The molecule has 2 aromatic rings. The van der Waals surface area contributed by atoms with Gasteiger partial charge in [0.15, 0.2) is 0 Å². The lowest BCUT2D eigenvalue weighted by atomic mass is 10.2. The van der Waals surface area contributed by atoms with E-state index in [0.717, 1.165) is 11.0 Å². The fourth-order valence-corrected chi connectivity index (χ4v) is 1.27. The van der Waals surface area contributed by atoms with E-state index in [1.165, 1.54) is 5.56 Å². The molecule has 2 heterocycles. The number of fused-ring (bicyclic) bond motifs is 1. The maximum Gasteiger partial charge on any atom is 0.137 e. The zero-order valence-corrected chi connectivity index (χ0v) is 10.8. The average molecular weight is 222 g/mol. The molecule has 0 aliphatic rings. The van der Waals surface area contributed by atoms with Crippen LogP contribution in [0.1, 0.15) is 39.0 Å². The molecule has 16 heavy (non-hydrogen) atoms. The van der Waals surface area contributed by atoms with E-state index in [1.54, 1.807) is 0 Å². The highest BCUT2D eigenvalue weighted by atomic mass is 16.3. The van der Waals surface area contributed by atoms with Crippen molar-refractivity contribution in [2.24, 2.45) is 0 Å². The second kappa shape index (κ2) is 7.88. The van der Waals surface area contributed by atoms with E-state index < -0.39 is 0 Å². The quantitative estimate of drug-likeness (QED) is 0.776. The third-order valence-electron chi connectivity index (χ3n) is 1.97. The summed E-state index contributed by atoms with van der Waals surface area (Å²) in [4.78, 5) is 7.25. The van der Waals surface area contributed by atoms with Gasteiger partial charge in [-0.25, -0.2) is 4.98 Å². The lowest BCUT2D eigenvalue weighted by molar-refractivity contribution is 0.277. The lowest BCUT2D eigenvalue weighted by Crippen LogP contribution is -1.88. The minimum atomic E-state index is -0.00594. The molecule has 0 saturated heterocycles. The normalized spacial score (nSPS) is 8.88. The molecule has 0 aromatic carbocycles. The number of rotatable bonds is 1. The standard InChI is InChI=1S/C9H10N2O.2C2H6/c1-6-4-10-9-8(6)3-2-7(5-12)11-9;2*1-2/h2-4,12H,5H2,1H3,(H,10,11);2*1-2H3. The van der Waals surface area contributed by atoms with E-state index in [1.807, 2.05) is 52.9 Å². The van der Waals surface area contributed by atoms with E-state index in [-0.39, 0.29) is 6.61 Å². The van der Waals surface area contributed by atoms with Gasteiger partial charge in [0.2, 0.25) is 0 Å². The molecule has 2 rings (SSSR count). The van der Waals surface area contributed by atoms with Crippen LogP contribution in [0, 0.1) is 6.92 Å². The van der Waals surface area contributed by atoms with Crippen LogP contribution in [0.3, 0.4) is 0 Å². The SMILES string of the molecule is CC.CC.Cc1c[nH]c2nc(CO)ccc12. The fraction of sp³-hybridized carbons (Fsp3) is 0.462. The fourth-order valence-electron chi connectivity index (χ4n) is 1.27. The summed E-state index contributed by atoms with van der Waals surface area (Å²) < 4.78 is 0. The second-order valence-electron chi connectivity index (χ2n) is 2.83. The van der Waals surface area contributed by atoms with Crippen molar-refractivity contribution in [3.8, 4) is 0 Å². The molecule has 0 saturated carbocycles. The van der Waals surface area contributed by atoms with Gasteiger partial charge in [-0.1, -0.05) is 27.7 Å². The van der Waals surface area contributed by atoms with Crippen LogP contribution >= 0.6 is 0 Å². The van der Waals surface area contributed by atoms with Crippen molar-refractivity contribution in [3.05, 3.63) is 29.6 Å². The van der Waals surface area contributed by atoms with Gasteiger partial charge in [-0.05, 0) is 24.6 Å². The van der Waals surface area contributed by atoms with Gasteiger partial charge < -0.3 is 10.1 Å². The van der Waals surface area contributed by atoms with E-state index in [4.69, 9.17) is 5.11 Å². The molecule has 0 unspecified atom stereocenters. The predicted molar refractivity (Wildman–Crippen MR) is 69.4 cm³/mol. The van der Waals surface area contributed by atoms with E-state index in [9.17, 15) is 0 Å². The van der Waals surface area contributed by atoms with Crippen LogP contribution < -0.4 is 0 Å². The van der Waals surface area contributed by atoms with Gasteiger partial charge in [-0.2, -0.15) is 0 Å². The number of aliphatic hydroxyl groups excluding tert-OH is 1. The lowest BCUT2D eigenvalue weighted by Gasteiger charge is -1.94. The van der Waals surface area contributed by atoms with Gasteiger partial charge in [0.05, 0.1) is 12.3 Å². The van der Waals surface area contributed by atoms with Crippen LogP contribution in [0.15, 0.2) is 18.3 Å². The van der Waals surface area contributed by atoms with Crippen molar-refractivity contribution < 1.29 is 5.11 Å².